The van der Waals surface area contributed by atoms with Gasteiger partial charge in [-0.05, 0) is 56.5 Å². The highest BCUT2D eigenvalue weighted by molar-refractivity contribution is 9.10. The van der Waals surface area contributed by atoms with Crippen LogP contribution in [0.5, 0.6) is 0 Å². The summed E-state index contributed by atoms with van der Waals surface area (Å²) in [6, 6.07) is 12.5. The number of halogens is 1. The van der Waals surface area contributed by atoms with Crippen molar-refractivity contribution in [3.8, 4) is 0 Å². The summed E-state index contributed by atoms with van der Waals surface area (Å²) in [4.78, 5) is 14.3. The molecule has 2 nitrogen and oxygen atoms in total. The van der Waals surface area contributed by atoms with E-state index in [2.05, 4.69) is 46.0 Å². The molecule has 0 radical (unpaired) electrons. The Morgan fingerprint density at radius 1 is 1.14 bits per heavy atom. The van der Waals surface area contributed by atoms with Gasteiger partial charge in [0.25, 0.3) is 0 Å². The Kier molecular flexibility index (Phi) is 3.85. The lowest BCUT2D eigenvalue weighted by Crippen LogP contribution is -2.26. The van der Waals surface area contributed by atoms with Crippen molar-refractivity contribution in [1.29, 1.82) is 0 Å². The van der Waals surface area contributed by atoms with Gasteiger partial charge in [-0.3, -0.25) is 4.79 Å². The molecule has 108 valence electrons. The summed E-state index contributed by atoms with van der Waals surface area (Å²) in [6.07, 6.45) is 2.23. The first-order valence-corrected chi connectivity index (χ1v) is 8.03. The molecule has 0 unspecified atom stereocenters. The summed E-state index contributed by atoms with van der Waals surface area (Å²) in [5.74, 6) is 0.102. The van der Waals surface area contributed by atoms with Crippen LogP contribution >= 0.6 is 15.9 Å². The van der Waals surface area contributed by atoms with E-state index in [1.807, 2.05) is 18.2 Å². The molecule has 21 heavy (non-hydrogen) atoms. The number of rotatable bonds is 2. The molecule has 0 aromatic heterocycles. The van der Waals surface area contributed by atoms with Gasteiger partial charge >= 0.3 is 0 Å². The molecule has 0 saturated carbocycles. The van der Waals surface area contributed by atoms with Crippen LogP contribution < -0.4 is 4.90 Å². The van der Waals surface area contributed by atoms with E-state index < -0.39 is 0 Å². The smallest absolute Gasteiger partial charge is 0.161 e. The van der Waals surface area contributed by atoms with E-state index in [1.54, 1.807) is 6.92 Å². The number of hydrogen-bond donors (Lipinski definition) is 0. The van der Waals surface area contributed by atoms with Gasteiger partial charge in [-0.2, -0.15) is 0 Å². The predicted molar refractivity (Wildman–Crippen MR) is 90.7 cm³/mol. The summed E-state index contributed by atoms with van der Waals surface area (Å²) < 4.78 is 0.942. The lowest BCUT2D eigenvalue weighted by molar-refractivity contribution is 0.101. The van der Waals surface area contributed by atoms with Crippen molar-refractivity contribution in [2.75, 3.05) is 11.4 Å². The highest BCUT2D eigenvalue weighted by atomic mass is 79.9. The average molecular weight is 344 g/mol. The second-order valence-electron chi connectivity index (χ2n) is 5.61. The minimum Gasteiger partial charge on any atom is -0.341 e. The summed E-state index contributed by atoms with van der Waals surface area (Å²) in [5.41, 5.74) is 5.68. The Hall–Kier alpha value is -1.61. The fourth-order valence-electron chi connectivity index (χ4n) is 3.00. The van der Waals surface area contributed by atoms with Crippen LogP contribution in [0.3, 0.4) is 0 Å². The van der Waals surface area contributed by atoms with Crippen molar-refractivity contribution in [2.45, 2.75) is 26.7 Å². The van der Waals surface area contributed by atoms with E-state index in [0.29, 0.717) is 0 Å². The van der Waals surface area contributed by atoms with Gasteiger partial charge in [0.2, 0.25) is 0 Å². The van der Waals surface area contributed by atoms with Crippen LogP contribution in [-0.2, 0) is 6.42 Å². The second-order valence-corrected chi connectivity index (χ2v) is 6.52. The molecule has 0 amide bonds. The minimum absolute atomic E-state index is 0.102. The van der Waals surface area contributed by atoms with Crippen molar-refractivity contribution in [1.82, 2.24) is 0 Å². The van der Waals surface area contributed by atoms with E-state index in [4.69, 9.17) is 0 Å². The highest BCUT2D eigenvalue weighted by Crippen LogP contribution is 2.36. The van der Waals surface area contributed by atoms with Gasteiger partial charge in [0.05, 0.1) is 5.69 Å². The quantitative estimate of drug-likeness (QED) is 0.711. The first-order valence-electron chi connectivity index (χ1n) is 7.24. The Balaban J connectivity index is 2.13. The molecule has 1 aliphatic rings. The third kappa shape index (κ3) is 2.75. The molecule has 3 heteroatoms. The molecule has 0 bridgehead atoms. The summed E-state index contributed by atoms with van der Waals surface area (Å²) in [7, 11) is 0. The minimum atomic E-state index is 0.102. The molecule has 2 aromatic carbocycles. The third-order valence-corrected chi connectivity index (χ3v) is 4.48. The predicted octanol–water partition coefficient (Wildman–Crippen LogP) is 5.04. The van der Waals surface area contributed by atoms with Gasteiger partial charge in [-0.15, -0.1) is 0 Å². The monoisotopic (exact) mass is 343 g/mol. The van der Waals surface area contributed by atoms with Gasteiger partial charge in [0.1, 0.15) is 0 Å². The van der Waals surface area contributed by atoms with E-state index in [0.717, 1.165) is 35.1 Å². The molecule has 1 heterocycles. The molecule has 0 atom stereocenters. The number of Topliss-reactive ketones (excluding diaryl/α,β-unsaturated/α-hetero) is 1. The highest BCUT2D eigenvalue weighted by Gasteiger charge is 2.21. The van der Waals surface area contributed by atoms with Crippen LogP contribution in [0.2, 0.25) is 0 Å². The molecule has 0 fully saturated rings. The fourth-order valence-corrected chi connectivity index (χ4v) is 3.36. The Labute approximate surface area is 133 Å². The normalized spacial score (nSPS) is 14.0. The zero-order chi connectivity index (χ0) is 15.0. The number of ketones is 1. The van der Waals surface area contributed by atoms with E-state index in [-0.39, 0.29) is 5.78 Å². The Bertz CT molecular complexity index is 708. The Morgan fingerprint density at radius 2 is 1.90 bits per heavy atom. The average Bonchev–Trinajstić information content (AvgIpc) is 2.46. The number of aryl methyl sites for hydroxylation is 2. The molecule has 0 spiro atoms. The molecule has 2 aromatic rings. The maximum atomic E-state index is 12.0. The number of hydrogen-bond acceptors (Lipinski definition) is 2. The lowest BCUT2D eigenvalue weighted by Gasteiger charge is -2.32. The second kappa shape index (κ2) is 5.64. The number of fused-ring (bicyclic) bond motifs is 1. The zero-order valence-corrected chi connectivity index (χ0v) is 13.9. The zero-order valence-electron chi connectivity index (χ0n) is 12.3. The number of carbonyl (C=O) groups is 1. The van der Waals surface area contributed by atoms with Crippen molar-refractivity contribution in [3.63, 3.8) is 0 Å². The van der Waals surface area contributed by atoms with Gasteiger partial charge < -0.3 is 4.90 Å². The first-order chi connectivity index (χ1) is 10.1. The van der Waals surface area contributed by atoms with Gasteiger partial charge in [0.15, 0.2) is 5.78 Å². The van der Waals surface area contributed by atoms with Gasteiger partial charge in [-0.25, -0.2) is 0 Å². The van der Waals surface area contributed by atoms with Crippen LogP contribution in [0.4, 0.5) is 11.4 Å². The molecule has 0 N–H and O–H groups in total. The number of carbonyl (C=O) groups excluding carboxylic acids is 1. The van der Waals surface area contributed by atoms with Crippen molar-refractivity contribution in [2.24, 2.45) is 0 Å². The van der Waals surface area contributed by atoms with E-state index in [9.17, 15) is 4.79 Å². The van der Waals surface area contributed by atoms with Crippen LogP contribution in [0.1, 0.15) is 34.8 Å². The SMILES string of the molecule is CC(=O)c1cc(Br)ccc1N1CCCc2cc(C)ccc21. The molecule has 0 aliphatic carbocycles. The fraction of sp³-hybridized carbons (Fsp3) is 0.278. The van der Waals surface area contributed by atoms with Crippen LogP contribution in [0.25, 0.3) is 0 Å². The van der Waals surface area contributed by atoms with Crippen LogP contribution in [0, 0.1) is 6.92 Å². The summed E-state index contributed by atoms with van der Waals surface area (Å²) in [6.45, 7) is 4.71. The molecular weight excluding hydrogens is 326 g/mol. The van der Waals surface area contributed by atoms with E-state index in [1.165, 1.54) is 16.8 Å². The molecule has 1 aliphatic heterocycles. The third-order valence-electron chi connectivity index (χ3n) is 3.98. The van der Waals surface area contributed by atoms with Gasteiger partial charge in [-0.1, -0.05) is 33.6 Å². The molecular formula is C18H18BrNO. The lowest BCUT2D eigenvalue weighted by atomic mass is 9.97. The summed E-state index contributed by atoms with van der Waals surface area (Å²) in [5, 5.41) is 0. The standard InChI is InChI=1S/C18H18BrNO/c1-12-5-7-17-14(10-12)4-3-9-20(17)18-8-6-15(19)11-16(18)13(2)21/h5-8,10-11H,3-4,9H2,1-2H3. The number of benzene rings is 2. The maximum absolute atomic E-state index is 12.0. The van der Waals surface area contributed by atoms with Crippen molar-refractivity contribution >= 4 is 33.1 Å². The molecule has 0 saturated heterocycles. The molecule has 3 rings (SSSR count). The van der Waals surface area contributed by atoms with Gasteiger partial charge in [0, 0.05) is 22.3 Å². The van der Waals surface area contributed by atoms with Crippen molar-refractivity contribution < 1.29 is 4.79 Å². The number of nitrogens with zero attached hydrogens (tertiary/aromatic N) is 1. The number of anilines is 2. The largest absolute Gasteiger partial charge is 0.341 e. The van der Waals surface area contributed by atoms with Crippen LogP contribution in [0.15, 0.2) is 40.9 Å². The summed E-state index contributed by atoms with van der Waals surface area (Å²) >= 11 is 3.46. The van der Waals surface area contributed by atoms with E-state index >= 15 is 0 Å². The van der Waals surface area contributed by atoms with Crippen molar-refractivity contribution in [3.05, 3.63) is 57.6 Å². The first kappa shape index (κ1) is 14.3. The topological polar surface area (TPSA) is 20.3 Å². The van der Waals surface area contributed by atoms with Crippen LogP contribution in [-0.4, -0.2) is 12.3 Å². The Morgan fingerprint density at radius 3 is 2.67 bits per heavy atom. The maximum Gasteiger partial charge on any atom is 0.161 e.